The van der Waals surface area contributed by atoms with Crippen LogP contribution in [0.5, 0.6) is 0 Å². The molecule has 14 heavy (non-hydrogen) atoms. The van der Waals surface area contributed by atoms with Gasteiger partial charge < -0.3 is 14.7 Å². The molecular formula is C10H17NO3. The summed E-state index contributed by atoms with van der Waals surface area (Å²) < 4.78 is 5.34. The van der Waals surface area contributed by atoms with Crippen LogP contribution in [0.25, 0.3) is 0 Å². The maximum atomic E-state index is 11.8. The summed E-state index contributed by atoms with van der Waals surface area (Å²) in [6.07, 6.45) is 2.58. The number of likely N-dealkylation sites (tertiary alicyclic amines) is 1. The number of ether oxygens (including phenoxy) is 1. The monoisotopic (exact) mass is 199 g/mol. The van der Waals surface area contributed by atoms with E-state index in [1.54, 1.807) is 0 Å². The largest absolute Gasteiger partial charge is 0.396 e. The van der Waals surface area contributed by atoms with Gasteiger partial charge in [-0.05, 0) is 19.3 Å². The van der Waals surface area contributed by atoms with Crippen LogP contribution in [0, 0.1) is 5.92 Å². The second-order valence-electron chi connectivity index (χ2n) is 4.12. The average molecular weight is 199 g/mol. The quantitative estimate of drug-likeness (QED) is 0.681. The van der Waals surface area contributed by atoms with Crippen LogP contribution in [-0.4, -0.2) is 48.3 Å². The summed E-state index contributed by atoms with van der Waals surface area (Å²) in [5.74, 6) is 0.402. The Balaban J connectivity index is 1.86. The van der Waals surface area contributed by atoms with Gasteiger partial charge in [-0.1, -0.05) is 0 Å². The minimum absolute atomic E-state index is 0.124. The Labute approximate surface area is 83.8 Å². The van der Waals surface area contributed by atoms with Crippen molar-refractivity contribution in [3.05, 3.63) is 0 Å². The Morgan fingerprint density at radius 1 is 1.50 bits per heavy atom. The molecule has 0 radical (unpaired) electrons. The summed E-state index contributed by atoms with van der Waals surface area (Å²) in [6.45, 7) is 2.39. The molecule has 0 saturated carbocycles. The molecule has 80 valence electrons. The number of amides is 1. The van der Waals surface area contributed by atoms with Crippen LogP contribution in [0.4, 0.5) is 0 Å². The van der Waals surface area contributed by atoms with E-state index in [0.717, 1.165) is 25.8 Å². The lowest BCUT2D eigenvalue weighted by Crippen LogP contribution is -2.37. The second kappa shape index (κ2) is 4.28. The van der Waals surface area contributed by atoms with Gasteiger partial charge in [0.25, 0.3) is 5.91 Å². The minimum Gasteiger partial charge on any atom is -0.396 e. The summed E-state index contributed by atoms with van der Waals surface area (Å²) in [6, 6.07) is 0. The molecule has 0 aromatic carbocycles. The molecule has 0 spiro atoms. The van der Waals surface area contributed by atoms with E-state index in [4.69, 9.17) is 9.84 Å². The van der Waals surface area contributed by atoms with E-state index in [9.17, 15) is 4.79 Å². The Bertz CT molecular complexity index is 213. The molecular weight excluding hydrogens is 182 g/mol. The predicted molar refractivity (Wildman–Crippen MR) is 50.7 cm³/mol. The minimum atomic E-state index is -0.201. The zero-order valence-corrected chi connectivity index (χ0v) is 8.32. The zero-order valence-electron chi connectivity index (χ0n) is 8.32. The highest BCUT2D eigenvalue weighted by molar-refractivity contribution is 5.81. The molecule has 4 heteroatoms. The van der Waals surface area contributed by atoms with Crippen molar-refractivity contribution in [1.29, 1.82) is 0 Å². The van der Waals surface area contributed by atoms with Crippen molar-refractivity contribution in [1.82, 2.24) is 4.90 Å². The zero-order chi connectivity index (χ0) is 9.97. The lowest BCUT2D eigenvalue weighted by Gasteiger charge is -2.19. The number of rotatable bonds is 2. The number of aliphatic hydroxyl groups excluding tert-OH is 1. The van der Waals surface area contributed by atoms with Crippen molar-refractivity contribution in [3.8, 4) is 0 Å². The van der Waals surface area contributed by atoms with Gasteiger partial charge in [-0.3, -0.25) is 4.79 Å². The van der Waals surface area contributed by atoms with E-state index in [-0.39, 0.29) is 24.5 Å². The molecule has 0 aromatic heterocycles. The number of aliphatic hydroxyl groups is 1. The third kappa shape index (κ3) is 1.91. The second-order valence-corrected chi connectivity index (χ2v) is 4.12. The molecule has 4 nitrogen and oxygen atoms in total. The Morgan fingerprint density at radius 3 is 2.93 bits per heavy atom. The van der Waals surface area contributed by atoms with Crippen LogP contribution in [0.15, 0.2) is 0 Å². The number of hydrogen-bond donors (Lipinski definition) is 1. The van der Waals surface area contributed by atoms with Gasteiger partial charge in [-0.2, -0.15) is 0 Å². The van der Waals surface area contributed by atoms with E-state index >= 15 is 0 Å². The number of carbonyl (C=O) groups excluding carboxylic acids is 1. The van der Waals surface area contributed by atoms with Crippen LogP contribution in [0.1, 0.15) is 19.3 Å². The van der Waals surface area contributed by atoms with Gasteiger partial charge in [0.05, 0.1) is 0 Å². The first-order valence-electron chi connectivity index (χ1n) is 5.32. The van der Waals surface area contributed by atoms with E-state index in [1.165, 1.54) is 0 Å². The fourth-order valence-electron chi connectivity index (χ4n) is 2.16. The van der Waals surface area contributed by atoms with E-state index in [2.05, 4.69) is 0 Å². The van der Waals surface area contributed by atoms with Gasteiger partial charge in [0.2, 0.25) is 0 Å². The Kier molecular flexibility index (Phi) is 3.03. The van der Waals surface area contributed by atoms with Crippen molar-refractivity contribution in [2.45, 2.75) is 25.4 Å². The van der Waals surface area contributed by atoms with Crippen LogP contribution in [-0.2, 0) is 9.53 Å². The first-order chi connectivity index (χ1) is 6.81. The fourth-order valence-corrected chi connectivity index (χ4v) is 2.16. The molecule has 0 bridgehead atoms. The molecule has 2 rings (SSSR count). The van der Waals surface area contributed by atoms with Crippen LogP contribution in [0.2, 0.25) is 0 Å². The van der Waals surface area contributed by atoms with Crippen molar-refractivity contribution in [2.24, 2.45) is 5.92 Å². The average Bonchev–Trinajstić information content (AvgIpc) is 2.88. The van der Waals surface area contributed by atoms with E-state index < -0.39 is 0 Å². The summed E-state index contributed by atoms with van der Waals surface area (Å²) >= 11 is 0. The lowest BCUT2D eigenvalue weighted by molar-refractivity contribution is -0.139. The lowest BCUT2D eigenvalue weighted by atomic mass is 10.1. The Morgan fingerprint density at radius 2 is 2.36 bits per heavy atom. The van der Waals surface area contributed by atoms with Crippen molar-refractivity contribution < 1.29 is 14.6 Å². The highest BCUT2D eigenvalue weighted by Gasteiger charge is 2.32. The van der Waals surface area contributed by atoms with Gasteiger partial charge in [0, 0.05) is 32.2 Å². The molecule has 2 aliphatic heterocycles. The van der Waals surface area contributed by atoms with Crippen LogP contribution < -0.4 is 0 Å². The maximum absolute atomic E-state index is 11.8. The third-order valence-corrected chi connectivity index (χ3v) is 3.06. The van der Waals surface area contributed by atoms with E-state index in [1.807, 2.05) is 4.90 Å². The number of carbonyl (C=O) groups is 1. The van der Waals surface area contributed by atoms with E-state index in [0.29, 0.717) is 13.2 Å². The van der Waals surface area contributed by atoms with Crippen molar-refractivity contribution in [2.75, 3.05) is 26.3 Å². The van der Waals surface area contributed by atoms with Crippen LogP contribution in [0.3, 0.4) is 0 Å². The fraction of sp³-hybridized carbons (Fsp3) is 0.900. The third-order valence-electron chi connectivity index (χ3n) is 3.06. The predicted octanol–water partition coefficient (Wildman–Crippen LogP) is 0.00620. The molecule has 1 amide bonds. The summed E-state index contributed by atoms with van der Waals surface area (Å²) in [7, 11) is 0. The standard InChI is InChI=1S/C10H17NO3/c12-7-8-3-4-11(6-8)10(13)9-2-1-5-14-9/h8-9,12H,1-7H2/t8?,9-/m0/s1. The summed E-state index contributed by atoms with van der Waals surface area (Å²) in [4.78, 5) is 13.7. The molecule has 2 heterocycles. The van der Waals surface area contributed by atoms with Crippen molar-refractivity contribution in [3.63, 3.8) is 0 Å². The van der Waals surface area contributed by atoms with Gasteiger partial charge in [0.15, 0.2) is 0 Å². The first-order valence-corrected chi connectivity index (χ1v) is 5.32. The number of nitrogens with zero attached hydrogens (tertiary/aromatic N) is 1. The van der Waals surface area contributed by atoms with Crippen LogP contribution >= 0.6 is 0 Å². The topological polar surface area (TPSA) is 49.8 Å². The molecule has 0 aromatic rings. The first kappa shape index (κ1) is 9.93. The maximum Gasteiger partial charge on any atom is 0.251 e. The van der Waals surface area contributed by atoms with Gasteiger partial charge >= 0.3 is 0 Å². The normalized spacial score (nSPS) is 32.5. The Hall–Kier alpha value is -0.610. The van der Waals surface area contributed by atoms with Gasteiger partial charge in [0.1, 0.15) is 6.10 Å². The number of hydrogen-bond acceptors (Lipinski definition) is 3. The molecule has 2 fully saturated rings. The highest BCUT2D eigenvalue weighted by Crippen LogP contribution is 2.20. The molecule has 2 atom stereocenters. The summed E-state index contributed by atoms with van der Waals surface area (Å²) in [5.41, 5.74) is 0. The highest BCUT2D eigenvalue weighted by atomic mass is 16.5. The SMILES string of the molecule is O=C([C@@H]1CCCO1)N1CCC(CO)C1. The van der Waals surface area contributed by atoms with Crippen molar-refractivity contribution >= 4 is 5.91 Å². The van der Waals surface area contributed by atoms with Gasteiger partial charge in [-0.15, -0.1) is 0 Å². The molecule has 0 aliphatic carbocycles. The smallest absolute Gasteiger partial charge is 0.251 e. The summed E-state index contributed by atoms with van der Waals surface area (Å²) in [5, 5.41) is 8.96. The molecule has 1 N–H and O–H groups in total. The molecule has 2 aliphatic rings. The van der Waals surface area contributed by atoms with Gasteiger partial charge in [-0.25, -0.2) is 0 Å². The molecule has 1 unspecified atom stereocenters. The molecule has 2 saturated heterocycles.